The summed E-state index contributed by atoms with van der Waals surface area (Å²) in [5.41, 5.74) is 0.727. The van der Waals surface area contributed by atoms with Crippen LogP contribution in [-0.2, 0) is 0 Å². The van der Waals surface area contributed by atoms with Crippen molar-refractivity contribution in [3.05, 3.63) is 33.7 Å². The summed E-state index contributed by atoms with van der Waals surface area (Å²) < 4.78 is 0. The molecule has 16 heavy (non-hydrogen) atoms. The van der Waals surface area contributed by atoms with E-state index in [-0.39, 0.29) is 22.8 Å². The number of hydrogen-bond donors (Lipinski definition) is 1. The van der Waals surface area contributed by atoms with Gasteiger partial charge >= 0.3 is 0 Å². The van der Waals surface area contributed by atoms with E-state index in [1.54, 1.807) is 20.3 Å². The van der Waals surface area contributed by atoms with E-state index >= 15 is 0 Å². The minimum absolute atomic E-state index is 0.160. The van der Waals surface area contributed by atoms with Crippen molar-refractivity contribution >= 4 is 5.91 Å². The number of hydrogen-bond acceptors (Lipinski definition) is 2. The number of H-pyrrole nitrogens is 1. The third-order valence-electron chi connectivity index (χ3n) is 2.75. The molecule has 1 unspecified atom stereocenters. The first-order chi connectivity index (χ1) is 7.49. The van der Waals surface area contributed by atoms with E-state index in [2.05, 4.69) is 4.98 Å². The maximum absolute atomic E-state index is 12.0. The molecule has 0 saturated heterocycles. The van der Waals surface area contributed by atoms with E-state index in [0.29, 0.717) is 5.56 Å². The Labute approximate surface area is 95.3 Å². The molecule has 0 aliphatic rings. The molecule has 0 radical (unpaired) electrons. The van der Waals surface area contributed by atoms with Gasteiger partial charge in [0.15, 0.2) is 5.43 Å². The van der Waals surface area contributed by atoms with Crippen LogP contribution in [0, 0.1) is 0 Å². The summed E-state index contributed by atoms with van der Waals surface area (Å²) in [7, 11) is 3.27. The first-order valence-electron chi connectivity index (χ1n) is 5.41. The SMILES string of the molecule is CCC(C)c1c[nH]cc(C(=O)N(C)C)c1=O. The first kappa shape index (κ1) is 12.5. The van der Waals surface area contributed by atoms with Crippen LogP contribution in [0.4, 0.5) is 0 Å². The maximum atomic E-state index is 12.0. The highest BCUT2D eigenvalue weighted by atomic mass is 16.2. The molecule has 0 bridgehead atoms. The lowest BCUT2D eigenvalue weighted by Gasteiger charge is -2.12. The van der Waals surface area contributed by atoms with Gasteiger partial charge in [0, 0.05) is 32.1 Å². The monoisotopic (exact) mass is 222 g/mol. The third-order valence-corrected chi connectivity index (χ3v) is 2.75. The molecule has 1 heterocycles. The Hall–Kier alpha value is -1.58. The number of nitrogens with zero attached hydrogens (tertiary/aromatic N) is 1. The van der Waals surface area contributed by atoms with E-state index in [0.717, 1.165) is 6.42 Å². The van der Waals surface area contributed by atoms with Crippen molar-refractivity contribution in [1.82, 2.24) is 9.88 Å². The number of carbonyl (C=O) groups is 1. The lowest BCUT2D eigenvalue weighted by molar-refractivity contribution is 0.0826. The van der Waals surface area contributed by atoms with Crippen LogP contribution in [0.2, 0.25) is 0 Å². The normalized spacial score (nSPS) is 12.2. The van der Waals surface area contributed by atoms with Crippen molar-refractivity contribution in [2.24, 2.45) is 0 Å². The lowest BCUT2D eigenvalue weighted by atomic mass is 9.98. The quantitative estimate of drug-likeness (QED) is 0.844. The van der Waals surface area contributed by atoms with Crippen LogP contribution < -0.4 is 5.43 Å². The Morgan fingerprint density at radius 1 is 1.44 bits per heavy atom. The highest BCUT2D eigenvalue weighted by Crippen LogP contribution is 2.14. The Morgan fingerprint density at radius 3 is 2.56 bits per heavy atom. The number of rotatable bonds is 3. The molecule has 0 aliphatic heterocycles. The van der Waals surface area contributed by atoms with Gasteiger partial charge in [-0.25, -0.2) is 0 Å². The number of nitrogens with one attached hydrogen (secondary N) is 1. The zero-order valence-corrected chi connectivity index (χ0v) is 10.2. The molecule has 0 aliphatic carbocycles. The fourth-order valence-corrected chi connectivity index (χ4v) is 1.49. The van der Waals surface area contributed by atoms with Gasteiger partial charge in [-0.05, 0) is 12.3 Å². The topological polar surface area (TPSA) is 53.2 Å². The van der Waals surface area contributed by atoms with Crippen LogP contribution in [-0.4, -0.2) is 29.9 Å². The summed E-state index contributed by atoms with van der Waals surface area (Å²) in [5, 5.41) is 0. The second kappa shape index (κ2) is 4.96. The Bertz CT molecular complexity index is 435. The van der Waals surface area contributed by atoms with E-state index in [4.69, 9.17) is 0 Å². The van der Waals surface area contributed by atoms with Gasteiger partial charge in [-0.2, -0.15) is 0 Å². The summed E-state index contributed by atoms with van der Waals surface area (Å²) in [4.78, 5) is 28.1. The van der Waals surface area contributed by atoms with Gasteiger partial charge in [0.1, 0.15) is 5.56 Å². The van der Waals surface area contributed by atoms with E-state index in [1.807, 2.05) is 13.8 Å². The predicted molar refractivity (Wildman–Crippen MR) is 63.8 cm³/mol. The van der Waals surface area contributed by atoms with Crippen molar-refractivity contribution in [2.45, 2.75) is 26.2 Å². The predicted octanol–water partition coefficient (Wildman–Crippen LogP) is 1.59. The molecule has 88 valence electrons. The van der Waals surface area contributed by atoms with Gasteiger partial charge in [0.05, 0.1) is 0 Å². The van der Waals surface area contributed by atoms with Gasteiger partial charge < -0.3 is 9.88 Å². The third kappa shape index (κ3) is 2.32. The van der Waals surface area contributed by atoms with Crippen LogP contribution in [0.25, 0.3) is 0 Å². The molecule has 4 nitrogen and oxygen atoms in total. The molecular weight excluding hydrogens is 204 g/mol. The van der Waals surface area contributed by atoms with Gasteiger partial charge in [-0.3, -0.25) is 9.59 Å². The highest BCUT2D eigenvalue weighted by molar-refractivity contribution is 5.93. The largest absolute Gasteiger partial charge is 0.366 e. The van der Waals surface area contributed by atoms with Crippen LogP contribution in [0.3, 0.4) is 0 Å². The van der Waals surface area contributed by atoms with E-state index < -0.39 is 0 Å². The summed E-state index contributed by atoms with van der Waals surface area (Å²) >= 11 is 0. The molecule has 0 aromatic carbocycles. The molecule has 0 fully saturated rings. The average molecular weight is 222 g/mol. The molecule has 4 heteroatoms. The number of amides is 1. The molecule has 0 saturated carbocycles. The summed E-state index contributed by atoms with van der Waals surface area (Å²) in [5.74, 6) is -0.0925. The van der Waals surface area contributed by atoms with E-state index in [1.165, 1.54) is 11.1 Å². The zero-order valence-electron chi connectivity index (χ0n) is 10.2. The molecule has 1 rings (SSSR count). The second-order valence-corrected chi connectivity index (χ2v) is 4.16. The van der Waals surface area contributed by atoms with Gasteiger partial charge in [0.2, 0.25) is 0 Å². The highest BCUT2D eigenvalue weighted by Gasteiger charge is 2.16. The average Bonchev–Trinajstić information content (AvgIpc) is 2.27. The number of aromatic amines is 1. The Balaban J connectivity index is 3.24. The van der Waals surface area contributed by atoms with Crippen molar-refractivity contribution < 1.29 is 4.79 Å². The fraction of sp³-hybridized carbons (Fsp3) is 0.500. The number of pyridine rings is 1. The zero-order chi connectivity index (χ0) is 12.3. The lowest BCUT2D eigenvalue weighted by Crippen LogP contribution is -2.29. The Kier molecular flexibility index (Phi) is 3.88. The summed E-state index contributed by atoms with van der Waals surface area (Å²) in [6.45, 7) is 4.00. The standard InChI is InChI=1S/C12H18N2O2/c1-5-8(2)9-6-13-7-10(11(9)15)12(16)14(3)4/h6-8H,5H2,1-4H3,(H,13,15). The van der Waals surface area contributed by atoms with Gasteiger partial charge in [0.25, 0.3) is 5.91 Å². The molecular formula is C12H18N2O2. The summed E-state index contributed by atoms with van der Waals surface area (Å²) in [6, 6.07) is 0. The smallest absolute Gasteiger partial charge is 0.258 e. The fourth-order valence-electron chi connectivity index (χ4n) is 1.49. The molecule has 1 aromatic heterocycles. The molecule has 1 atom stereocenters. The van der Waals surface area contributed by atoms with Crippen LogP contribution in [0.5, 0.6) is 0 Å². The van der Waals surface area contributed by atoms with Crippen molar-refractivity contribution in [2.75, 3.05) is 14.1 Å². The minimum atomic E-state index is -0.258. The van der Waals surface area contributed by atoms with E-state index in [9.17, 15) is 9.59 Å². The Morgan fingerprint density at radius 2 is 2.06 bits per heavy atom. The van der Waals surface area contributed by atoms with Crippen molar-refractivity contribution in [3.63, 3.8) is 0 Å². The van der Waals surface area contributed by atoms with Crippen LogP contribution >= 0.6 is 0 Å². The molecule has 1 amide bonds. The minimum Gasteiger partial charge on any atom is -0.366 e. The molecule has 1 N–H and O–H groups in total. The molecule has 1 aromatic rings. The van der Waals surface area contributed by atoms with Crippen LogP contribution in [0.15, 0.2) is 17.2 Å². The van der Waals surface area contributed by atoms with Crippen molar-refractivity contribution in [1.29, 1.82) is 0 Å². The van der Waals surface area contributed by atoms with Gasteiger partial charge in [-0.15, -0.1) is 0 Å². The second-order valence-electron chi connectivity index (χ2n) is 4.16. The summed E-state index contributed by atoms with van der Waals surface area (Å²) in [6.07, 6.45) is 4.03. The maximum Gasteiger partial charge on any atom is 0.258 e. The van der Waals surface area contributed by atoms with Gasteiger partial charge in [-0.1, -0.05) is 13.8 Å². The number of aromatic nitrogens is 1. The first-order valence-corrected chi connectivity index (χ1v) is 5.41. The van der Waals surface area contributed by atoms with Crippen molar-refractivity contribution in [3.8, 4) is 0 Å². The van der Waals surface area contributed by atoms with Crippen LogP contribution in [0.1, 0.15) is 42.1 Å². The number of carbonyl (C=O) groups excluding carboxylic acids is 1. The molecule has 0 spiro atoms.